The maximum absolute atomic E-state index is 17.0. The van der Waals surface area contributed by atoms with Crippen molar-refractivity contribution in [2.75, 3.05) is 51.1 Å². The van der Waals surface area contributed by atoms with E-state index in [0.29, 0.717) is 64.7 Å². The number of aromatic nitrogens is 3. The highest BCUT2D eigenvalue weighted by Crippen LogP contribution is 2.66. The minimum atomic E-state index is -2.13. The predicted octanol–water partition coefficient (Wildman–Crippen LogP) is 7.84. The molecule has 1 spiro atoms. The molecule has 1 N–H and O–H groups in total. The van der Waals surface area contributed by atoms with Gasteiger partial charge in [0.1, 0.15) is 48.6 Å². The zero-order valence-corrected chi connectivity index (χ0v) is 45.1. The van der Waals surface area contributed by atoms with Crippen molar-refractivity contribution in [1.82, 2.24) is 29.7 Å². The van der Waals surface area contributed by atoms with Crippen molar-refractivity contribution in [1.29, 1.82) is 0 Å². The topological polar surface area (TPSA) is 221 Å². The molecule has 3 saturated heterocycles. The number of amides is 3. The first kappa shape index (κ1) is 53.4. The number of fused-ring (bicyclic) bond motifs is 5. The zero-order chi connectivity index (χ0) is 57.5. The number of piperazine rings is 1. The van der Waals surface area contributed by atoms with E-state index in [4.69, 9.17) is 23.7 Å². The van der Waals surface area contributed by atoms with Gasteiger partial charge in [-0.2, -0.15) is 0 Å². The Morgan fingerprint density at radius 2 is 1.48 bits per heavy atom. The van der Waals surface area contributed by atoms with E-state index >= 15 is 19.2 Å². The minimum absolute atomic E-state index is 0.00186. The van der Waals surface area contributed by atoms with Crippen LogP contribution in [0.1, 0.15) is 57.1 Å². The average molecular weight is 1130 g/mol. The first-order chi connectivity index (χ1) is 41.1. The molecule has 3 amide bonds. The van der Waals surface area contributed by atoms with E-state index in [1.165, 1.54) is 24.3 Å². The summed E-state index contributed by atoms with van der Waals surface area (Å²) in [5.74, 6) is 4.59. The number of aliphatic hydroxyl groups excluding tert-OH is 1. The lowest BCUT2D eigenvalue weighted by molar-refractivity contribution is -0.384. The number of carbonyl (C=O) groups excluding carboxylic acids is 4. The highest BCUT2D eigenvalue weighted by Gasteiger charge is 2.76. The average Bonchev–Trinajstić information content (AvgIpc) is 1.54. The maximum atomic E-state index is 17.0. The zero-order valence-electron chi connectivity index (χ0n) is 45.1. The number of para-hydroxylation sites is 1. The lowest BCUT2D eigenvalue weighted by Gasteiger charge is -2.46. The molecule has 0 bridgehead atoms. The highest BCUT2D eigenvalue weighted by atomic mass is 16.7. The summed E-state index contributed by atoms with van der Waals surface area (Å²) >= 11 is 0. The van der Waals surface area contributed by atoms with Gasteiger partial charge in [0.05, 0.1) is 40.7 Å². The summed E-state index contributed by atoms with van der Waals surface area (Å²) in [4.78, 5) is 82.5. The number of nitro benzene ring substituents is 1. The van der Waals surface area contributed by atoms with E-state index in [9.17, 15) is 15.2 Å². The molecule has 13 rings (SSSR count). The molecule has 5 aliphatic rings. The number of hydrogen-bond donors (Lipinski definition) is 1. The molecular weight excluding hydrogens is 1070 g/mol. The van der Waals surface area contributed by atoms with Gasteiger partial charge in [-0.05, 0) is 100 Å². The summed E-state index contributed by atoms with van der Waals surface area (Å²) < 4.78 is 31.5. The molecule has 0 radical (unpaired) electrons. The molecule has 8 aromatic rings. The third kappa shape index (κ3) is 9.56. The number of anilines is 1. The van der Waals surface area contributed by atoms with Crippen LogP contribution in [0.15, 0.2) is 170 Å². The number of carbonyl (C=O) groups is 4. The maximum Gasteiger partial charge on any atom is 0.421 e. The number of aliphatic hydroxyl groups is 1. The van der Waals surface area contributed by atoms with E-state index in [-0.39, 0.29) is 63.2 Å². The van der Waals surface area contributed by atoms with Gasteiger partial charge in [-0.3, -0.25) is 34.3 Å². The number of imide groups is 1. The summed E-state index contributed by atoms with van der Waals surface area (Å²) in [6.45, 7) is 1.52. The van der Waals surface area contributed by atoms with Gasteiger partial charge in [-0.25, -0.2) is 14.4 Å². The normalized spacial score (nSPS) is 21.6. The fourth-order valence-electron chi connectivity index (χ4n) is 12.6. The number of morpholine rings is 1. The number of ether oxygens (including phenoxy) is 5. The van der Waals surface area contributed by atoms with E-state index in [1.54, 1.807) is 52.0 Å². The smallest absolute Gasteiger partial charge is 0.421 e. The number of nitro groups is 1. The number of non-ortho nitro benzene ring substituents is 1. The van der Waals surface area contributed by atoms with Gasteiger partial charge in [0, 0.05) is 50.4 Å². The van der Waals surface area contributed by atoms with Gasteiger partial charge in [-0.1, -0.05) is 108 Å². The van der Waals surface area contributed by atoms with Crippen LogP contribution in [-0.2, 0) is 49.0 Å². The Hall–Kier alpha value is -9.94. The number of esters is 1. The molecule has 6 unspecified atom stereocenters. The summed E-state index contributed by atoms with van der Waals surface area (Å²) in [6.07, 6.45) is -2.06. The molecule has 6 atom stereocenters. The number of hydrogen-bond acceptors (Lipinski definition) is 16. The molecule has 5 aliphatic heterocycles. The van der Waals surface area contributed by atoms with Crippen molar-refractivity contribution in [3.8, 4) is 29.1 Å². The molecule has 3 fully saturated rings. The minimum Gasteiger partial charge on any atom is -0.491 e. The second kappa shape index (κ2) is 22.4. The van der Waals surface area contributed by atoms with E-state index in [2.05, 4.69) is 27.1 Å². The van der Waals surface area contributed by atoms with Crippen molar-refractivity contribution in [2.45, 2.75) is 49.3 Å². The van der Waals surface area contributed by atoms with Crippen molar-refractivity contribution >= 4 is 46.3 Å². The molecule has 20 nitrogen and oxygen atoms in total. The van der Waals surface area contributed by atoms with Gasteiger partial charge in [0.15, 0.2) is 11.5 Å². The van der Waals surface area contributed by atoms with Gasteiger partial charge < -0.3 is 33.7 Å². The largest absolute Gasteiger partial charge is 0.491 e. The predicted molar refractivity (Wildman–Crippen MR) is 303 cm³/mol. The van der Waals surface area contributed by atoms with Crippen molar-refractivity contribution in [2.24, 2.45) is 5.92 Å². The van der Waals surface area contributed by atoms with Crippen LogP contribution in [-0.4, -0.2) is 116 Å². The summed E-state index contributed by atoms with van der Waals surface area (Å²) in [6, 6.07) is 46.1. The van der Waals surface area contributed by atoms with Crippen LogP contribution in [0.2, 0.25) is 0 Å². The fraction of sp³-hybridized carbons (Fsp3) is 0.250. The van der Waals surface area contributed by atoms with Crippen LogP contribution in [0.25, 0.3) is 11.0 Å². The quantitative estimate of drug-likeness (QED) is 0.0503. The summed E-state index contributed by atoms with van der Waals surface area (Å²) in [5, 5.41) is 29.9. The standard InChI is InChI=1S/C64H54N8O12/c73-34-35-80-48-25-21-46(22-26-48)59-64(49-36-41(10-9-29-69-52-16-8-7-15-50(52)65-66-69)19-27-51(49)70(62(64)76)63(77)81-39-42-17-23-47(24-18-42)72(78)79)55(60(74)68-32-30-67(31-33-68)38-43-20-28-53-54(37-43)83-40-82-53)57-61(75)84-58(45-13-5-2-6-14-45)56(71(57)59)44-11-3-1-4-12-44/h1-8,11-28,36-37,55-59,73H,29-35,38-40H2. The first-order valence-electron chi connectivity index (χ1n) is 27.6. The Kier molecular flexibility index (Phi) is 14.3. The van der Waals surface area contributed by atoms with E-state index in [0.717, 1.165) is 21.5 Å². The molecule has 6 heterocycles. The number of benzene rings is 7. The molecular formula is C64H54N8O12. The third-order valence-corrected chi connectivity index (χ3v) is 16.4. The van der Waals surface area contributed by atoms with Crippen molar-refractivity contribution < 1.29 is 52.9 Å². The summed E-state index contributed by atoms with van der Waals surface area (Å²) in [7, 11) is 0. The molecule has 84 heavy (non-hydrogen) atoms. The second-order valence-corrected chi connectivity index (χ2v) is 21.1. The van der Waals surface area contributed by atoms with Crippen LogP contribution >= 0.6 is 0 Å². The third-order valence-electron chi connectivity index (χ3n) is 16.4. The van der Waals surface area contributed by atoms with Gasteiger partial charge in [-0.15, -0.1) is 5.10 Å². The van der Waals surface area contributed by atoms with E-state index in [1.807, 2.05) is 108 Å². The van der Waals surface area contributed by atoms with Gasteiger partial charge >= 0.3 is 12.1 Å². The Bertz CT molecular complexity index is 3900. The van der Waals surface area contributed by atoms with E-state index < -0.39 is 64.4 Å². The lowest BCUT2D eigenvalue weighted by atomic mass is 9.65. The number of cyclic esters (lactones) is 1. The number of nitrogens with zero attached hydrogens (tertiary/aromatic N) is 8. The van der Waals surface area contributed by atoms with Crippen LogP contribution in [0.3, 0.4) is 0 Å². The Labute approximate surface area is 481 Å². The van der Waals surface area contributed by atoms with Crippen LogP contribution < -0.4 is 19.1 Å². The Morgan fingerprint density at radius 3 is 2.23 bits per heavy atom. The molecule has 0 aliphatic carbocycles. The Balaban J connectivity index is 0.992. The summed E-state index contributed by atoms with van der Waals surface area (Å²) in [5.41, 5.74) is 3.24. The molecule has 7 aromatic carbocycles. The molecule has 20 heteroatoms. The van der Waals surface area contributed by atoms with Gasteiger partial charge in [0.2, 0.25) is 18.6 Å². The second-order valence-electron chi connectivity index (χ2n) is 21.1. The molecule has 1 aromatic heterocycles. The monoisotopic (exact) mass is 1130 g/mol. The van der Waals surface area contributed by atoms with Crippen LogP contribution in [0.4, 0.5) is 16.2 Å². The van der Waals surface area contributed by atoms with Gasteiger partial charge in [0.25, 0.3) is 5.69 Å². The van der Waals surface area contributed by atoms with Crippen molar-refractivity contribution in [3.05, 3.63) is 219 Å². The lowest BCUT2D eigenvalue weighted by Crippen LogP contribution is -2.59. The Morgan fingerprint density at radius 1 is 0.762 bits per heavy atom. The first-order valence-corrected chi connectivity index (χ1v) is 27.6. The van der Waals surface area contributed by atoms with Crippen LogP contribution in [0.5, 0.6) is 17.2 Å². The SMILES string of the molecule is O=C1OC(c2ccccc2)C(c2ccccc2)N2C1C(C(=O)N1CCN(Cc3ccc4c(c3)OCO4)CC1)C1(C(=O)N(C(=O)OCc3ccc([N+](=O)[O-])cc3)c3ccc(C#CCn4nnc5ccccc54)cc31)C2c1ccc(OCCO)cc1. The fourth-order valence-corrected chi connectivity index (χ4v) is 12.6. The van der Waals surface area contributed by atoms with Crippen molar-refractivity contribution in [3.63, 3.8) is 0 Å². The molecule has 422 valence electrons. The molecule has 0 saturated carbocycles. The number of rotatable bonds is 13. The highest BCUT2D eigenvalue weighted by molar-refractivity contribution is 6.23. The van der Waals surface area contributed by atoms with Crippen LogP contribution in [0, 0.1) is 27.9 Å².